The summed E-state index contributed by atoms with van der Waals surface area (Å²) in [6.45, 7) is 1.56. The summed E-state index contributed by atoms with van der Waals surface area (Å²) in [6, 6.07) is 19.6. The number of rotatable bonds is 6. The summed E-state index contributed by atoms with van der Waals surface area (Å²) < 4.78 is 4.99. The van der Waals surface area contributed by atoms with Crippen LogP contribution in [0.15, 0.2) is 72.8 Å². The van der Waals surface area contributed by atoms with Crippen molar-refractivity contribution >= 4 is 23.5 Å². The molecule has 152 valence electrons. The zero-order chi connectivity index (χ0) is 21.5. The lowest BCUT2D eigenvalue weighted by atomic mass is 10.1. The molecule has 3 N–H and O–H groups in total. The second-order valence-electron chi connectivity index (χ2n) is 6.47. The second-order valence-corrected chi connectivity index (χ2v) is 6.47. The number of hydrogen-bond donors (Lipinski definition) is 3. The molecule has 3 aromatic carbocycles. The first-order valence-corrected chi connectivity index (χ1v) is 9.17. The molecule has 0 bridgehead atoms. The Morgan fingerprint density at radius 2 is 1.63 bits per heavy atom. The minimum Gasteiger partial charge on any atom is -0.507 e. The number of esters is 1. The van der Waals surface area contributed by atoms with Gasteiger partial charge in [0.05, 0.1) is 5.56 Å². The highest BCUT2D eigenvalue weighted by atomic mass is 16.5. The molecule has 0 saturated heterocycles. The second kappa shape index (κ2) is 9.38. The summed E-state index contributed by atoms with van der Waals surface area (Å²) in [7, 11) is 0. The van der Waals surface area contributed by atoms with Crippen molar-refractivity contribution in [3.05, 3.63) is 89.5 Å². The van der Waals surface area contributed by atoms with E-state index in [1.807, 2.05) is 0 Å². The lowest BCUT2D eigenvalue weighted by molar-refractivity contribution is -0.131. The molecule has 7 heteroatoms. The molecule has 0 radical (unpaired) electrons. The van der Waals surface area contributed by atoms with E-state index >= 15 is 0 Å². The third-order valence-electron chi connectivity index (χ3n) is 4.17. The molecular weight excluding hydrogens is 384 g/mol. The van der Waals surface area contributed by atoms with Crippen LogP contribution in [-0.4, -0.2) is 22.9 Å². The van der Waals surface area contributed by atoms with Gasteiger partial charge in [-0.1, -0.05) is 30.3 Å². The lowest BCUT2D eigenvalue weighted by Crippen LogP contribution is -2.22. The highest BCUT2D eigenvalue weighted by Gasteiger charge is 2.11. The Labute approximate surface area is 173 Å². The molecule has 0 aliphatic rings. The Hall–Kier alpha value is -4.13. The van der Waals surface area contributed by atoms with Crippen molar-refractivity contribution < 1.29 is 24.2 Å². The Bertz CT molecular complexity index is 1080. The maximum absolute atomic E-state index is 12.4. The number of anilines is 1. The van der Waals surface area contributed by atoms with Gasteiger partial charge in [0.25, 0.3) is 11.8 Å². The third-order valence-corrected chi connectivity index (χ3v) is 4.17. The number of carbonyl (C=O) groups is 3. The molecule has 0 heterocycles. The molecule has 0 aliphatic heterocycles. The van der Waals surface area contributed by atoms with E-state index in [9.17, 15) is 19.5 Å². The Morgan fingerprint density at radius 1 is 0.900 bits per heavy atom. The normalized spacial score (nSPS) is 10.2. The van der Waals surface area contributed by atoms with Gasteiger partial charge in [0.15, 0.2) is 0 Å². The number of carbonyl (C=O) groups excluding carboxylic acids is 3. The van der Waals surface area contributed by atoms with Crippen LogP contribution in [-0.2, 0) is 11.3 Å². The van der Waals surface area contributed by atoms with Crippen molar-refractivity contribution in [1.29, 1.82) is 0 Å². The fraction of sp³-hybridized carbons (Fsp3) is 0.0870. The van der Waals surface area contributed by atoms with Crippen LogP contribution in [0, 0.1) is 0 Å². The number of benzene rings is 3. The van der Waals surface area contributed by atoms with Crippen molar-refractivity contribution in [3.63, 3.8) is 0 Å². The molecule has 30 heavy (non-hydrogen) atoms. The summed E-state index contributed by atoms with van der Waals surface area (Å²) in [5.74, 6) is -0.961. The van der Waals surface area contributed by atoms with Crippen LogP contribution in [0.4, 0.5) is 5.69 Å². The highest BCUT2D eigenvalue weighted by molar-refractivity contribution is 6.04. The molecular formula is C23H20N2O5. The predicted molar refractivity (Wildman–Crippen MR) is 111 cm³/mol. The van der Waals surface area contributed by atoms with Gasteiger partial charge < -0.3 is 20.5 Å². The molecule has 2 amide bonds. The number of phenols is 1. The third kappa shape index (κ3) is 5.45. The van der Waals surface area contributed by atoms with Crippen LogP contribution in [0.5, 0.6) is 11.5 Å². The summed E-state index contributed by atoms with van der Waals surface area (Å²) in [5.41, 5.74) is 1.97. The largest absolute Gasteiger partial charge is 0.507 e. The fourth-order valence-corrected chi connectivity index (χ4v) is 2.72. The first-order chi connectivity index (χ1) is 14.4. The molecule has 0 aliphatic carbocycles. The SMILES string of the molecule is CC(=O)Oc1cccc(C(=O)Nc2ccc(CNC(=O)c3ccccc3O)cc2)c1. The van der Waals surface area contributed by atoms with Gasteiger partial charge in [0.1, 0.15) is 11.5 Å². The molecule has 7 nitrogen and oxygen atoms in total. The molecule has 0 spiro atoms. The van der Waals surface area contributed by atoms with E-state index in [1.54, 1.807) is 60.7 Å². The maximum Gasteiger partial charge on any atom is 0.308 e. The fourth-order valence-electron chi connectivity index (χ4n) is 2.72. The van der Waals surface area contributed by atoms with Crippen molar-refractivity contribution in [3.8, 4) is 11.5 Å². The number of para-hydroxylation sites is 1. The monoisotopic (exact) mass is 404 g/mol. The predicted octanol–water partition coefficient (Wildman–Crippen LogP) is 3.50. The van der Waals surface area contributed by atoms with Crippen LogP contribution < -0.4 is 15.4 Å². The van der Waals surface area contributed by atoms with Gasteiger partial charge >= 0.3 is 5.97 Å². The number of aromatic hydroxyl groups is 1. The Kier molecular flexibility index (Phi) is 6.44. The Morgan fingerprint density at radius 3 is 2.33 bits per heavy atom. The van der Waals surface area contributed by atoms with Crippen LogP contribution >= 0.6 is 0 Å². The number of phenolic OH excluding ortho intramolecular Hbond substituents is 1. The van der Waals surface area contributed by atoms with Crippen LogP contribution in [0.25, 0.3) is 0 Å². The minimum absolute atomic E-state index is 0.0779. The van der Waals surface area contributed by atoms with Crippen molar-refractivity contribution in [2.75, 3.05) is 5.32 Å². The number of amides is 2. The first kappa shape index (κ1) is 20.6. The van der Waals surface area contributed by atoms with E-state index in [0.717, 1.165) is 5.56 Å². The molecule has 3 rings (SSSR count). The average molecular weight is 404 g/mol. The standard InChI is InChI=1S/C23H20N2O5/c1-15(26)30-19-6-4-5-17(13-19)22(28)25-18-11-9-16(10-12-18)14-24-23(29)20-7-2-3-8-21(20)27/h2-13,27H,14H2,1H3,(H,24,29)(H,25,28). The summed E-state index contributed by atoms with van der Waals surface area (Å²) >= 11 is 0. The highest BCUT2D eigenvalue weighted by Crippen LogP contribution is 2.17. The minimum atomic E-state index is -0.460. The zero-order valence-electron chi connectivity index (χ0n) is 16.2. The molecule has 0 fully saturated rings. The summed E-state index contributed by atoms with van der Waals surface area (Å²) in [5, 5.41) is 15.2. The molecule has 0 atom stereocenters. The zero-order valence-corrected chi connectivity index (χ0v) is 16.2. The Balaban J connectivity index is 1.58. The molecule has 0 unspecified atom stereocenters. The summed E-state index contributed by atoms with van der Waals surface area (Å²) in [6.07, 6.45) is 0. The van der Waals surface area contributed by atoms with Gasteiger partial charge in [-0.15, -0.1) is 0 Å². The van der Waals surface area contributed by atoms with Gasteiger partial charge in [-0.3, -0.25) is 14.4 Å². The number of hydrogen-bond acceptors (Lipinski definition) is 5. The lowest BCUT2D eigenvalue weighted by Gasteiger charge is -2.09. The molecule has 0 aromatic heterocycles. The van der Waals surface area contributed by atoms with Crippen LogP contribution in [0.3, 0.4) is 0 Å². The van der Waals surface area contributed by atoms with E-state index in [-0.39, 0.29) is 29.7 Å². The smallest absolute Gasteiger partial charge is 0.308 e. The summed E-state index contributed by atoms with van der Waals surface area (Å²) in [4.78, 5) is 35.6. The van der Waals surface area contributed by atoms with Crippen molar-refractivity contribution in [2.24, 2.45) is 0 Å². The van der Waals surface area contributed by atoms with E-state index in [0.29, 0.717) is 17.0 Å². The van der Waals surface area contributed by atoms with Gasteiger partial charge in [-0.25, -0.2) is 0 Å². The number of ether oxygens (including phenoxy) is 1. The van der Waals surface area contributed by atoms with Gasteiger partial charge in [-0.05, 0) is 48.0 Å². The van der Waals surface area contributed by atoms with Crippen LogP contribution in [0.1, 0.15) is 33.2 Å². The maximum atomic E-state index is 12.4. The topological polar surface area (TPSA) is 105 Å². The van der Waals surface area contributed by atoms with Crippen LogP contribution in [0.2, 0.25) is 0 Å². The average Bonchev–Trinajstić information content (AvgIpc) is 2.73. The van der Waals surface area contributed by atoms with E-state index < -0.39 is 5.97 Å². The van der Waals surface area contributed by atoms with Crippen molar-refractivity contribution in [2.45, 2.75) is 13.5 Å². The number of nitrogens with one attached hydrogen (secondary N) is 2. The van der Waals surface area contributed by atoms with E-state index in [4.69, 9.17) is 4.74 Å². The first-order valence-electron chi connectivity index (χ1n) is 9.17. The van der Waals surface area contributed by atoms with Gasteiger partial charge in [0, 0.05) is 24.7 Å². The molecule has 0 saturated carbocycles. The van der Waals surface area contributed by atoms with E-state index in [1.165, 1.54) is 19.1 Å². The van der Waals surface area contributed by atoms with Gasteiger partial charge in [-0.2, -0.15) is 0 Å². The van der Waals surface area contributed by atoms with Crippen molar-refractivity contribution in [1.82, 2.24) is 5.32 Å². The quantitative estimate of drug-likeness (QED) is 0.431. The van der Waals surface area contributed by atoms with Gasteiger partial charge in [0.2, 0.25) is 0 Å². The molecule has 3 aromatic rings. The van der Waals surface area contributed by atoms with E-state index in [2.05, 4.69) is 10.6 Å².